The van der Waals surface area contributed by atoms with E-state index in [0.717, 1.165) is 22.0 Å². The third kappa shape index (κ3) is 4.98. The van der Waals surface area contributed by atoms with Gasteiger partial charge in [-0.25, -0.2) is 26.9 Å². The first-order chi connectivity index (χ1) is 16.5. The van der Waals surface area contributed by atoms with E-state index in [1.165, 1.54) is 30.3 Å². The predicted octanol–water partition coefficient (Wildman–Crippen LogP) is 4.86. The first kappa shape index (κ1) is 25.0. The lowest BCUT2D eigenvalue weighted by molar-refractivity contribution is 0.256. The first-order valence-electron chi connectivity index (χ1n) is 9.65. The number of anilines is 2. The van der Waals surface area contributed by atoms with E-state index in [1.54, 1.807) is 23.9 Å². The zero-order chi connectivity index (χ0) is 25.5. The molecule has 0 unspecified atom stereocenters. The van der Waals surface area contributed by atoms with Crippen LogP contribution in [-0.4, -0.2) is 31.2 Å². The van der Waals surface area contributed by atoms with Gasteiger partial charge in [0.2, 0.25) is 5.88 Å². The number of nitrogens with one attached hydrogen (secondary N) is 3. The second-order valence-electron chi connectivity index (χ2n) is 7.10. The van der Waals surface area contributed by atoms with Gasteiger partial charge in [0.25, 0.3) is 15.6 Å². The fourth-order valence-electron chi connectivity index (χ4n) is 3.29. The normalized spacial score (nSPS) is 11.4. The van der Waals surface area contributed by atoms with E-state index in [2.05, 4.69) is 26.6 Å². The van der Waals surface area contributed by atoms with Crippen molar-refractivity contribution in [2.24, 2.45) is 0 Å². The maximum atomic E-state index is 15.0. The molecule has 0 aliphatic rings. The third-order valence-electron chi connectivity index (χ3n) is 4.85. The van der Waals surface area contributed by atoms with Gasteiger partial charge < -0.3 is 15.7 Å². The van der Waals surface area contributed by atoms with Crippen LogP contribution in [0.2, 0.25) is 4.34 Å². The standard InChI is InChI=1S/C21H15BrClFN4O5S2/c1-25-15-6-10-7-18(29)28(20(30)12(10)9-13(15)22)16-3-2-11(8-14(16)24)26-21(31)27-35(32,33)19-5-4-17(23)34-19/h2-9,25,30H,1H3,(H2,26,27,31). The highest BCUT2D eigenvalue weighted by Crippen LogP contribution is 2.33. The number of rotatable bonds is 5. The van der Waals surface area contributed by atoms with Gasteiger partial charge in [0.15, 0.2) is 0 Å². The van der Waals surface area contributed by atoms with Gasteiger partial charge in [-0.15, -0.1) is 11.3 Å². The van der Waals surface area contributed by atoms with Crippen molar-refractivity contribution in [2.75, 3.05) is 17.7 Å². The monoisotopic (exact) mass is 600 g/mol. The summed E-state index contributed by atoms with van der Waals surface area (Å²) in [5.74, 6) is -1.42. The number of fused-ring (bicyclic) bond motifs is 1. The molecule has 2 aromatic heterocycles. The number of thiophene rings is 1. The van der Waals surface area contributed by atoms with E-state index in [9.17, 15) is 27.5 Å². The predicted molar refractivity (Wildman–Crippen MR) is 137 cm³/mol. The van der Waals surface area contributed by atoms with Crippen LogP contribution in [0.25, 0.3) is 16.5 Å². The average molecular weight is 602 g/mol. The molecule has 0 saturated heterocycles. The molecule has 4 rings (SSSR count). The third-order valence-corrected chi connectivity index (χ3v) is 8.56. The van der Waals surface area contributed by atoms with Gasteiger partial charge in [-0.1, -0.05) is 11.6 Å². The van der Waals surface area contributed by atoms with Crippen molar-refractivity contribution in [1.29, 1.82) is 0 Å². The number of aromatic nitrogens is 1. The first-order valence-corrected chi connectivity index (χ1v) is 13.1. The molecule has 0 fully saturated rings. The Kier molecular flexibility index (Phi) is 6.77. The van der Waals surface area contributed by atoms with Gasteiger partial charge in [0.1, 0.15) is 10.0 Å². The molecule has 2 amide bonds. The Morgan fingerprint density at radius 3 is 2.54 bits per heavy atom. The summed E-state index contributed by atoms with van der Waals surface area (Å²) in [6, 6.07) is 9.29. The topological polar surface area (TPSA) is 130 Å². The Bertz CT molecular complexity index is 1660. The number of aromatic hydroxyl groups is 1. The van der Waals surface area contributed by atoms with Crippen LogP contribution in [0.3, 0.4) is 0 Å². The minimum atomic E-state index is -4.17. The molecule has 0 atom stereocenters. The fraction of sp³-hybridized carbons (Fsp3) is 0.0476. The van der Waals surface area contributed by atoms with Crippen LogP contribution in [0, 0.1) is 5.82 Å². The number of carbonyl (C=O) groups excluding carboxylic acids is 1. The fourth-order valence-corrected chi connectivity index (χ4v) is 6.22. The molecule has 0 saturated carbocycles. The molecule has 0 aliphatic heterocycles. The highest BCUT2D eigenvalue weighted by Gasteiger charge is 2.21. The lowest BCUT2D eigenvalue weighted by Crippen LogP contribution is -2.34. The van der Waals surface area contributed by atoms with Crippen LogP contribution in [0.15, 0.2) is 62.0 Å². The average Bonchev–Trinajstić information content (AvgIpc) is 3.22. The second-order valence-corrected chi connectivity index (χ2v) is 11.6. The zero-order valence-electron chi connectivity index (χ0n) is 17.6. The van der Waals surface area contributed by atoms with Crippen molar-refractivity contribution in [3.63, 3.8) is 0 Å². The van der Waals surface area contributed by atoms with Crippen molar-refractivity contribution in [3.8, 4) is 11.6 Å². The maximum Gasteiger partial charge on any atom is 0.333 e. The lowest BCUT2D eigenvalue weighted by Gasteiger charge is -2.14. The van der Waals surface area contributed by atoms with Gasteiger partial charge in [0, 0.05) is 34.3 Å². The Balaban J connectivity index is 1.63. The summed E-state index contributed by atoms with van der Waals surface area (Å²) < 4.78 is 42.7. The number of halogens is 3. The van der Waals surface area contributed by atoms with Crippen molar-refractivity contribution in [1.82, 2.24) is 9.29 Å². The van der Waals surface area contributed by atoms with Crippen LogP contribution in [0.5, 0.6) is 5.88 Å². The lowest BCUT2D eigenvalue weighted by atomic mass is 10.1. The number of urea groups is 1. The molecule has 9 nitrogen and oxygen atoms in total. The number of hydrogen-bond acceptors (Lipinski definition) is 7. The molecule has 0 spiro atoms. The molecule has 14 heteroatoms. The van der Waals surface area contributed by atoms with Crippen LogP contribution >= 0.6 is 38.9 Å². The van der Waals surface area contributed by atoms with Crippen LogP contribution in [-0.2, 0) is 10.0 Å². The number of sulfonamides is 1. The van der Waals surface area contributed by atoms with Gasteiger partial charge in [-0.3, -0.25) is 4.79 Å². The summed E-state index contributed by atoms with van der Waals surface area (Å²) in [5.41, 5.74) is -0.344. The summed E-state index contributed by atoms with van der Waals surface area (Å²) in [4.78, 5) is 24.9. The number of nitrogens with zero attached hydrogens (tertiary/aromatic N) is 1. The van der Waals surface area contributed by atoms with Crippen LogP contribution in [0.4, 0.5) is 20.6 Å². The summed E-state index contributed by atoms with van der Waals surface area (Å²) in [6.07, 6.45) is 0. The number of pyridine rings is 1. The number of carbonyl (C=O) groups is 1. The van der Waals surface area contributed by atoms with Crippen LogP contribution < -0.4 is 20.9 Å². The quantitative estimate of drug-likeness (QED) is 0.258. The number of hydrogen-bond donors (Lipinski definition) is 4. The molecular formula is C21H15BrClFN4O5S2. The highest BCUT2D eigenvalue weighted by atomic mass is 79.9. The highest BCUT2D eigenvalue weighted by molar-refractivity contribution is 9.10. The number of benzene rings is 2. The molecule has 2 aromatic carbocycles. The summed E-state index contributed by atoms with van der Waals surface area (Å²) in [7, 11) is -2.47. The SMILES string of the molecule is CNc1cc2cc(=O)n(-c3ccc(NC(=O)NS(=O)(=O)c4ccc(Cl)s4)cc3F)c(O)c2cc1Br. The van der Waals surface area contributed by atoms with Gasteiger partial charge in [0.05, 0.1) is 10.0 Å². The Labute approximate surface area is 215 Å². The Morgan fingerprint density at radius 1 is 1.17 bits per heavy atom. The minimum Gasteiger partial charge on any atom is -0.494 e. The summed E-state index contributed by atoms with van der Waals surface area (Å²) in [6.45, 7) is 0. The van der Waals surface area contributed by atoms with Crippen molar-refractivity contribution < 1.29 is 22.7 Å². The molecule has 4 aromatic rings. The smallest absolute Gasteiger partial charge is 0.333 e. The molecular weight excluding hydrogens is 587 g/mol. The van der Waals surface area contributed by atoms with Gasteiger partial charge in [-0.2, -0.15) is 0 Å². The van der Waals surface area contributed by atoms with Gasteiger partial charge in [-0.05, 0) is 63.8 Å². The van der Waals surface area contributed by atoms with Crippen molar-refractivity contribution in [3.05, 3.63) is 73.5 Å². The van der Waals surface area contributed by atoms with E-state index < -0.39 is 33.3 Å². The van der Waals surface area contributed by atoms with E-state index in [4.69, 9.17) is 11.6 Å². The molecule has 4 N–H and O–H groups in total. The molecule has 2 heterocycles. The Morgan fingerprint density at radius 2 is 1.91 bits per heavy atom. The minimum absolute atomic E-state index is 0.0853. The van der Waals surface area contributed by atoms with E-state index in [-0.39, 0.29) is 19.9 Å². The van der Waals surface area contributed by atoms with Crippen molar-refractivity contribution >= 4 is 77.1 Å². The molecule has 0 aliphatic carbocycles. The van der Waals surface area contributed by atoms with E-state index in [1.807, 2.05) is 0 Å². The number of amides is 2. The van der Waals surface area contributed by atoms with E-state index >= 15 is 0 Å². The maximum absolute atomic E-state index is 15.0. The summed E-state index contributed by atoms with van der Waals surface area (Å²) in [5, 5.41) is 16.7. The summed E-state index contributed by atoms with van der Waals surface area (Å²) >= 11 is 9.86. The Hall–Kier alpha value is -3.13. The molecule has 0 bridgehead atoms. The van der Waals surface area contributed by atoms with E-state index in [0.29, 0.717) is 20.9 Å². The zero-order valence-corrected chi connectivity index (χ0v) is 21.6. The molecule has 35 heavy (non-hydrogen) atoms. The second kappa shape index (κ2) is 9.49. The van der Waals surface area contributed by atoms with Gasteiger partial charge >= 0.3 is 6.03 Å². The molecule has 182 valence electrons. The van der Waals surface area contributed by atoms with Crippen molar-refractivity contribution in [2.45, 2.75) is 4.21 Å². The van der Waals surface area contributed by atoms with Crippen LogP contribution in [0.1, 0.15) is 0 Å². The molecule has 0 radical (unpaired) electrons. The largest absolute Gasteiger partial charge is 0.494 e.